The maximum absolute atomic E-state index is 14.5. The number of benzene rings is 1. The van der Waals surface area contributed by atoms with Gasteiger partial charge in [-0.1, -0.05) is 46.7 Å². The smallest absolute Gasteiger partial charge is 0.246 e. The van der Waals surface area contributed by atoms with Crippen LogP contribution in [0.1, 0.15) is 97.3 Å². The van der Waals surface area contributed by atoms with Crippen molar-refractivity contribution >= 4 is 35.0 Å². The Morgan fingerprint density at radius 3 is 2.27 bits per heavy atom. The Labute approximate surface area is 289 Å². The number of likely N-dealkylation sites (tertiary alicyclic amines) is 1. The molecule has 1 aliphatic carbocycles. The van der Waals surface area contributed by atoms with Crippen molar-refractivity contribution in [3.63, 3.8) is 0 Å². The van der Waals surface area contributed by atoms with Crippen LogP contribution in [-0.2, 0) is 28.8 Å². The highest BCUT2D eigenvalue weighted by Crippen LogP contribution is 2.45. The summed E-state index contributed by atoms with van der Waals surface area (Å²) in [6, 6.07) is 0.664. The van der Waals surface area contributed by atoms with E-state index in [0.717, 1.165) is 28.9 Å². The lowest BCUT2D eigenvalue weighted by Gasteiger charge is -2.35. The van der Waals surface area contributed by atoms with Gasteiger partial charge in [0.05, 0.1) is 24.9 Å². The lowest BCUT2D eigenvalue weighted by molar-refractivity contribution is -0.145. The third-order valence-corrected chi connectivity index (χ3v) is 9.99. The number of carbonyl (C=O) groups excluding carboxylic acids is 5. The third kappa shape index (κ3) is 8.33. The van der Waals surface area contributed by atoms with E-state index >= 15 is 0 Å². The van der Waals surface area contributed by atoms with Crippen LogP contribution in [-0.4, -0.2) is 88.5 Å². The fourth-order valence-electron chi connectivity index (χ4n) is 7.12. The van der Waals surface area contributed by atoms with E-state index in [0.29, 0.717) is 24.7 Å². The fourth-order valence-corrected chi connectivity index (χ4v) is 7.12. The topological polar surface area (TPSA) is 164 Å². The van der Waals surface area contributed by atoms with Gasteiger partial charge in [0.15, 0.2) is 11.4 Å². The van der Waals surface area contributed by atoms with Crippen molar-refractivity contribution < 1.29 is 38.7 Å². The number of nitrogens with one attached hydrogen (secondary N) is 2. The molecular weight excluding hydrogens is 628 g/mol. The summed E-state index contributed by atoms with van der Waals surface area (Å²) in [7, 11) is 0. The molecule has 3 N–H and O–H groups in total. The summed E-state index contributed by atoms with van der Waals surface area (Å²) in [4.78, 5) is 74.6. The Morgan fingerprint density at radius 1 is 1.08 bits per heavy atom. The number of nitrogens with zero attached hydrogens (tertiary/aromatic N) is 2. The van der Waals surface area contributed by atoms with Crippen LogP contribution >= 0.6 is 0 Å². The maximum Gasteiger partial charge on any atom is 0.246 e. The summed E-state index contributed by atoms with van der Waals surface area (Å²) in [6.45, 7) is 17.3. The van der Waals surface area contributed by atoms with Crippen LogP contribution in [0.5, 0.6) is 5.75 Å². The second-order valence-corrected chi connectivity index (χ2v) is 15.3. The van der Waals surface area contributed by atoms with Gasteiger partial charge in [0.25, 0.3) is 0 Å². The van der Waals surface area contributed by atoms with Crippen LogP contribution in [0.15, 0.2) is 17.3 Å². The van der Waals surface area contributed by atoms with E-state index in [9.17, 15) is 29.1 Å². The van der Waals surface area contributed by atoms with Gasteiger partial charge >= 0.3 is 0 Å². The molecule has 12 heteroatoms. The molecule has 12 nitrogen and oxygen atoms in total. The van der Waals surface area contributed by atoms with Crippen LogP contribution in [0.25, 0.3) is 0 Å². The number of hydrogen-bond acceptors (Lipinski definition) is 9. The number of Topliss-reactive ketones (excluding diaryl/α,β-unsaturated/α-hetero) is 2. The predicted molar refractivity (Wildman–Crippen MR) is 184 cm³/mol. The lowest BCUT2D eigenvalue weighted by atomic mass is 9.85. The normalized spacial score (nSPS) is 24.3. The number of aliphatic hydroxyl groups excluding tert-OH is 1. The SMILES string of the molecule is CCOc1c(C)cc(C2=NO[C@]3(C2)C[C@@H](C(=O)N[C@@H](CCO)C(=O)C(=O)CC)N(C(=O)[C@@H](NC(=O)[C@@H]2C[C@H]2C(C)C)C(C)(C)C)C3)cc1C. The third-order valence-electron chi connectivity index (χ3n) is 9.99. The van der Waals surface area contributed by atoms with Gasteiger partial charge in [0.2, 0.25) is 23.5 Å². The van der Waals surface area contributed by atoms with E-state index in [4.69, 9.17) is 9.57 Å². The van der Waals surface area contributed by atoms with Gasteiger partial charge in [-0.05, 0) is 74.1 Å². The van der Waals surface area contributed by atoms with E-state index in [1.54, 1.807) is 6.92 Å². The summed E-state index contributed by atoms with van der Waals surface area (Å²) in [5, 5.41) is 19.7. The Hall–Kier alpha value is -3.80. The van der Waals surface area contributed by atoms with Crippen LogP contribution in [0, 0.1) is 37.0 Å². The fraction of sp³-hybridized carbons (Fsp3) is 0.676. The zero-order valence-corrected chi connectivity index (χ0v) is 30.5. The number of amides is 3. The van der Waals surface area contributed by atoms with Crippen molar-refractivity contribution in [1.82, 2.24) is 15.5 Å². The number of ether oxygens (including phenoxy) is 1. The molecule has 3 amide bonds. The van der Waals surface area contributed by atoms with Crippen molar-refractivity contribution in [3.8, 4) is 5.75 Å². The second-order valence-electron chi connectivity index (χ2n) is 15.3. The predicted octanol–water partition coefficient (Wildman–Crippen LogP) is 3.40. The van der Waals surface area contributed by atoms with Crippen LogP contribution in [0.3, 0.4) is 0 Å². The first-order chi connectivity index (χ1) is 23.0. The highest BCUT2D eigenvalue weighted by molar-refractivity contribution is 6.39. The number of rotatable bonds is 14. The van der Waals surface area contributed by atoms with Gasteiger partial charge in [-0.2, -0.15) is 0 Å². The van der Waals surface area contributed by atoms with E-state index in [2.05, 4.69) is 29.6 Å². The van der Waals surface area contributed by atoms with Crippen molar-refractivity contribution in [1.29, 1.82) is 0 Å². The molecule has 2 heterocycles. The van der Waals surface area contributed by atoms with E-state index in [-0.39, 0.29) is 43.6 Å². The minimum atomic E-state index is -1.24. The number of hydrogen-bond donors (Lipinski definition) is 3. The zero-order valence-electron chi connectivity index (χ0n) is 30.5. The Kier molecular flexibility index (Phi) is 11.6. The number of oxime groups is 1. The standard InChI is InChI=1S/C37H54N4O8/c1-10-29(43)30(44)26(12-13-42)38-34(46)28-18-37(17-27(40-49-37)23-14-21(5)31(48-11-2)22(6)15-23)19-41(28)35(47)32(36(7,8)9)39-33(45)25-16-24(25)20(3)4/h14-15,20,24-26,28,32,42H,10-13,16-19H2,1-9H3,(H,38,46)(H,39,45)/t24-,25+,26-,28-,32+,37+/m0/s1. The van der Waals surface area contributed by atoms with Crippen molar-refractivity contribution in [3.05, 3.63) is 28.8 Å². The largest absolute Gasteiger partial charge is 0.493 e. The first-order valence-electron chi connectivity index (χ1n) is 17.5. The first kappa shape index (κ1) is 38.0. The maximum atomic E-state index is 14.5. The summed E-state index contributed by atoms with van der Waals surface area (Å²) in [5.74, 6) is -1.50. The molecule has 0 bridgehead atoms. The Morgan fingerprint density at radius 2 is 1.73 bits per heavy atom. The van der Waals surface area contributed by atoms with Crippen molar-refractivity contribution in [2.75, 3.05) is 19.8 Å². The number of ketones is 2. The number of aliphatic hydroxyl groups is 1. The minimum absolute atomic E-state index is 0.0128. The number of aryl methyl sites for hydroxylation is 2. The quantitative estimate of drug-likeness (QED) is 0.252. The van der Waals surface area contributed by atoms with Gasteiger partial charge in [-0.3, -0.25) is 24.0 Å². The van der Waals surface area contributed by atoms with Crippen LogP contribution in [0.2, 0.25) is 0 Å². The monoisotopic (exact) mass is 682 g/mol. The first-order valence-corrected chi connectivity index (χ1v) is 17.5. The number of carbonyl (C=O) groups is 5. The Balaban J connectivity index is 1.65. The second kappa shape index (κ2) is 15.0. The molecule has 2 fully saturated rings. The molecule has 1 aromatic rings. The highest BCUT2D eigenvalue weighted by atomic mass is 16.7. The van der Waals surface area contributed by atoms with E-state index in [1.165, 1.54) is 4.90 Å². The summed E-state index contributed by atoms with van der Waals surface area (Å²) < 4.78 is 5.81. The lowest BCUT2D eigenvalue weighted by Crippen LogP contribution is -2.59. The minimum Gasteiger partial charge on any atom is -0.493 e. The average molecular weight is 683 g/mol. The molecule has 4 rings (SSSR count). The van der Waals surface area contributed by atoms with Crippen molar-refractivity contribution in [2.45, 2.75) is 118 Å². The van der Waals surface area contributed by atoms with E-state index in [1.807, 2.05) is 53.7 Å². The average Bonchev–Trinajstić information content (AvgIpc) is 3.62. The molecule has 1 saturated carbocycles. The summed E-state index contributed by atoms with van der Waals surface area (Å²) >= 11 is 0. The van der Waals surface area contributed by atoms with Gasteiger partial charge in [-0.25, -0.2) is 0 Å². The van der Waals surface area contributed by atoms with Crippen LogP contribution < -0.4 is 15.4 Å². The molecule has 0 aromatic heterocycles. The highest BCUT2D eigenvalue weighted by Gasteiger charge is 2.56. The molecule has 270 valence electrons. The molecule has 0 radical (unpaired) electrons. The molecule has 1 spiro atoms. The van der Waals surface area contributed by atoms with Gasteiger partial charge < -0.3 is 30.2 Å². The zero-order chi connectivity index (χ0) is 36.4. The van der Waals surface area contributed by atoms with Crippen molar-refractivity contribution in [2.24, 2.45) is 28.3 Å². The molecule has 1 saturated heterocycles. The molecule has 2 aliphatic heterocycles. The molecule has 49 heavy (non-hydrogen) atoms. The summed E-state index contributed by atoms with van der Waals surface area (Å²) in [6.07, 6.45) is 0.948. The molecule has 0 unspecified atom stereocenters. The van der Waals surface area contributed by atoms with Gasteiger partial charge in [0.1, 0.15) is 17.8 Å². The van der Waals surface area contributed by atoms with Gasteiger partial charge in [-0.15, -0.1) is 0 Å². The molecule has 3 aliphatic rings. The molecular formula is C37H54N4O8. The van der Waals surface area contributed by atoms with E-state index < -0.39 is 59.1 Å². The molecule has 1 aromatic carbocycles. The molecule has 6 atom stereocenters. The van der Waals surface area contributed by atoms with Crippen LogP contribution in [0.4, 0.5) is 0 Å². The van der Waals surface area contributed by atoms with Gasteiger partial charge in [0, 0.05) is 37.4 Å². The Bertz CT molecular complexity index is 1470. The summed E-state index contributed by atoms with van der Waals surface area (Å²) in [5.41, 5.74) is 1.65.